The number of carboxylic acid groups (broad SMARTS) is 1. The Kier molecular flexibility index (Phi) is 3.97. The summed E-state index contributed by atoms with van der Waals surface area (Å²) in [6.07, 6.45) is 0.513. The first kappa shape index (κ1) is 11.9. The van der Waals surface area contributed by atoms with Crippen molar-refractivity contribution in [2.75, 3.05) is 5.32 Å². The number of benzene rings is 1. The summed E-state index contributed by atoms with van der Waals surface area (Å²) in [6.45, 7) is 3.75. The van der Waals surface area contributed by atoms with Gasteiger partial charge in [0.25, 0.3) is 0 Å². The van der Waals surface area contributed by atoms with E-state index in [4.69, 9.17) is 16.7 Å². The molecule has 15 heavy (non-hydrogen) atoms. The molecular weight excluding hydrogens is 214 g/mol. The van der Waals surface area contributed by atoms with Crippen LogP contribution in [0.25, 0.3) is 0 Å². The van der Waals surface area contributed by atoms with Crippen LogP contribution >= 0.6 is 11.6 Å². The largest absolute Gasteiger partial charge is 0.480 e. The molecule has 0 aliphatic rings. The van der Waals surface area contributed by atoms with Crippen LogP contribution in [0.15, 0.2) is 18.2 Å². The van der Waals surface area contributed by atoms with Crippen LogP contribution in [0.3, 0.4) is 0 Å². The number of hydrogen-bond donors (Lipinski definition) is 2. The van der Waals surface area contributed by atoms with Crippen LogP contribution in [-0.2, 0) is 4.79 Å². The molecule has 0 heterocycles. The second-order valence-electron chi connectivity index (χ2n) is 3.43. The summed E-state index contributed by atoms with van der Waals surface area (Å²) in [5, 5.41) is 12.3. The molecule has 82 valence electrons. The minimum Gasteiger partial charge on any atom is -0.480 e. The van der Waals surface area contributed by atoms with E-state index >= 15 is 0 Å². The van der Waals surface area contributed by atoms with Crippen LogP contribution in [0, 0.1) is 6.92 Å². The van der Waals surface area contributed by atoms with Gasteiger partial charge in [-0.25, -0.2) is 4.79 Å². The summed E-state index contributed by atoms with van der Waals surface area (Å²) >= 11 is 5.95. The molecular formula is C11H14ClNO2. The summed E-state index contributed by atoms with van der Waals surface area (Å²) < 4.78 is 0. The number of carboxylic acids is 1. The Morgan fingerprint density at radius 2 is 2.27 bits per heavy atom. The average Bonchev–Trinajstić information content (AvgIpc) is 2.18. The van der Waals surface area contributed by atoms with E-state index in [1.165, 1.54) is 0 Å². The summed E-state index contributed by atoms with van der Waals surface area (Å²) in [5.74, 6) is -0.866. The fourth-order valence-corrected chi connectivity index (χ4v) is 1.45. The van der Waals surface area contributed by atoms with Crippen LogP contribution in [0.2, 0.25) is 5.02 Å². The number of hydrogen-bond acceptors (Lipinski definition) is 2. The topological polar surface area (TPSA) is 49.3 Å². The number of aliphatic carboxylic acids is 1. The van der Waals surface area contributed by atoms with E-state index in [-0.39, 0.29) is 0 Å². The van der Waals surface area contributed by atoms with Gasteiger partial charge in [-0.2, -0.15) is 0 Å². The van der Waals surface area contributed by atoms with Crippen LogP contribution in [0.1, 0.15) is 18.9 Å². The van der Waals surface area contributed by atoms with E-state index < -0.39 is 12.0 Å². The molecule has 3 nitrogen and oxygen atoms in total. The maximum absolute atomic E-state index is 10.8. The number of rotatable bonds is 4. The van der Waals surface area contributed by atoms with Crippen LogP contribution in [-0.4, -0.2) is 17.1 Å². The predicted molar refractivity (Wildman–Crippen MR) is 61.5 cm³/mol. The molecule has 0 aliphatic carbocycles. The van der Waals surface area contributed by atoms with Crippen molar-refractivity contribution in [2.24, 2.45) is 0 Å². The highest BCUT2D eigenvalue weighted by atomic mass is 35.5. The van der Waals surface area contributed by atoms with E-state index in [9.17, 15) is 4.79 Å². The molecule has 0 saturated carbocycles. The number of aryl methyl sites for hydroxylation is 1. The third-order valence-corrected chi connectivity index (χ3v) is 2.49. The third-order valence-electron chi connectivity index (χ3n) is 2.16. The molecule has 1 rings (SSSR count). The quantitative estimate of drug-likeness (QED) is 0.832. The van der Waals surface area contributed by atoms with Gasteiger partial charge in [-0.05, 0) is 31.0 Å². The lowest BCUT2D eigenvalue weighted by molar-refractivity contribution is -0.137. The smallest absolute Gasteiger partial charge is 0.326 e. The molecule has 1 atom stereocenters. The van der Waals surface area contributed by atoms with Gasteiger partial charge in [0.05, 0.1) is 10.7 Å². The number of halogens is 1. The summed E-state index contributed by atoms with van der Waals surface area (Å²) in [4.78, 5) is 10.8. The molecule has 4 heteroatoms. The van der Waals surface area contributed by atoms with Crippen molar-refractivity contribution in [1.29, 1.82) is 0 Å². The van der Waals surface area contributed by atoms with Gasteiger partial charge < -0.3 is 10.4 Å². The molecule has 2 N–H and O–H groups in total. The van der Waals surface area contributed by atoms with Crippen molar-refractivity contribution in [2.45, 2.75) is 26.3 Å². The summed E-state index contributed by atoms with van der Waals surface area (Å²) in [5.41, 5.74) is 1.72. The number of nitrogens with one attached hydrogen (secondary N) is 1. The predicted octanol–water partition coefficient (Wildman–Crippen LogP) is 2.92. The first-order chi connectivity index (χ1) is 7.04. The van der Waals surface area contributed by atoms with Crippen molar-refractivity contribution in [3.05, 3.63) is 28.8 Å². The van der Waals surface area contributed by atoms with Crippen molar-refractivity contribution >= 4 is 23.3 Å². The Balaban J connectivity index is 2.87. The van der Waals surface area contributed by atoms with Gasteiger partial charge in [-0.15, -0.1) is 0 Å². The Hall–Kier alpha value is -1.22. The SMILES string of the molecule is CCC(Nc1cc(C)ccc1Cl)C(=O)O. The fourth-order valence-electron chi connectivity index (χ4n) is 1.28. The molecule has 0 fully saturated rings. The van der Waals surface area contributed by atoms with E-state index in [1.807, 2.05) is 26.0 Å². The van der Waals surface area contributed by atoms with E-state index in [0.717, 1.165) is 5.56 Å². The molecule has 0 aromatic heterocycles. The first-order valence-electron chi connectivity index (χ1n) is 4.80. The highest BCUT2D eigenvalue weighted by Crippen LogP contribution is 2.23. The van der Waals surface area contributed by atoms with Gasteiger partial charge in [0.1, 0.15) is 6.04 Å². The Morgan fingerprint density at radius 3 is 2.80 bits per heavy atom. The van der Waals surface area contributed by atoms with Gasteiger partial charge in [0.2, 0.25) is 0 Å². The standard InChI is InChI=1S/C11H14ClNO2/c1-3-9(11(14)15)13-10-6-7(2)4-5-8(10)12/h4-6,9,13H,3H2,1-2H3,(H,14,15). The van der Waals surface area contributed by atoms with Crippen LogP contribution in [0.5, 0.6) is 0 Å². The monoisotopic (exact) mass is 227 g/mol. The van der Waals surface area contributed by atoms with Crippen molar-refractivity contribution in [1.82, 2.24) is 0 Å². The molecule has 1 aromatic rings. The molecule has 0 spiro atoms. The summed E-state index contributed by atoms with van der Waals surface area (Å²) in [6, 6.07) is 4.89. The highest BCUT2D eigenvalue weighted by Gasteiger charge is 2.15. The lowest BCUT2D eigenvalue weighted by Gasteiger charge is -2.15. The van der Waals surface area contributed by atoms with Gasteiger partial charge >= 0.3 is 5.97 Å². The lowest BCUT2D eigenvalue weighted by Crippen LogP contribution is -2.28. The number of anilines is 1. The third kappa shape index (κ3) is 3.13. The highest BCUT2D eigenvalue weighted by molar-refractivity contribution is 6.33. The fraction of sp³-hybridized carbons (Fsp3) is 0.364. The zero-order chi connectivity index (χ0) is 11.4. The normalized spacial score (nSPS) is 12.2. The molecule has 0 radical (unpaired) electrons. The minimum absolute atomic E-state index is 0.513. The average molecular weight is 228 g/mol. The van der Waals surface area contributed by atoms with Gasteiger partial charge in [-0.3, -0.25) is 0 Å². The van der Waals surface area contributed by atoms with Gasteiger partial charge in [0.15, 0.2) is 0 Å². The summed E-state index contributed by atoms with van der Waals surface area (Å²) in [7, 11) is 0. The maximum atomic E-state index is 10.8. The van der Waals surface area contributed by atoms with Crippen LogP contribution < -0.4 is 5.32 Å². The maximum Gasteiger partial charge on any atom is 0.326 e. The minimum atomic E-state index is -0.866. The van der Waals surface area contributed by atoms with E-state index in [2.05, 4.69) is 5.32 Å². The Bertz CT molecular complexity index is 366. The molecule has 0 bridgehead atoms. The zero-order valence-corrected chi connectivity index (χ0v) is 9.51. The molecule has 0 saturated heterocycles. The Labute approximate surface area is 94.1 Å². The number of carbonyl (C=O) groups is 1. The van der Waals surface area contributed by atoms with E-state index in [1.54, 1.807) is 6.07 Å². The first-order valence-corrected chi connectivity index (χ1v) is 5.18. The van der Waals surface area contributed by atoms with Gasteiger partial charge in [-0.1, -0.05) is 24.6 Å². The van der Waals surface area contributed by atoms with E-state index in [0.29, 0.717) is 17.1 Å². The Morgan fingerprint density at radius 1 is 1.60 bits per heavy atom. The molecule has 0 aliphatic heterocycles. The zero-order valence-electron chi connectivity index (χ0n) is 8.75. The molecule has 1 unspecified atom stereocenters. The lowest BCUT2D eigenvalue weighted by atomic mass is 10.2. The second kappa shape index (κ2) is 5.03. The second-order valence-corrected chi connectivity index (χ2v) is 3.83. The molecule has 0 amide bonds. The molecule has 1 aromatic carbocycles. The van der Waals surface area contributed by atoms with Crippen molar-refractivity contribution < 1.29 is 9.90 Å². The van der Waals surface area contributed by atoms with Crippen molar-refractivity contribution in [3.8, 4) is 0 Å². The van der Waals surface area contributed by atoms with Crippen molar-refractivity contribution in [3.63, 3.8) is 0 Å². The van der Waals surface area contributed by atoms with Crippen LogP contribution in [0.4, 0.5) is 5.69 Å². The van der Waals surface area contributed by atoms with Gasteiger partial charge in [0, 0.05) is 0 Å².